The van der Waals surface area contributed by atoms with Crippen LogP contribution in [-0.2, 0) is 11.2 Å². The quantitative estimate of drug-likeness (QED) is 0.847. The molecule has 0 unspecified atom stereocenters. The molecular formula is C15H13BrClNO2. The first-order chi connectivity index (χ1) is 9.15. The molecule has 2 rings (SSSR count). The van der Waals surface area contributed by atoms with E-state index in [9.17, 15) is 4.79 Å². The lowest BCUT2D eigenvalue weighted by Crippen LogP contribution is -1.93. The molecule has 2 aromatic rings. The van der Waals surface area contributed by atoms with E-state index in [1.165, 1.54) is 0 Å². The summed E-state index contributed by atoms with van der Waals surface area (Å²) in [4.78, 5) is 14.8. The first-order valence-electron chi connectivity index (χ1n) is 5.73. The topological polar surface area (TPSA) is 50.2 Å². The second kappa shape index (κ2) is 7.82. The molecule has 0 aliphatic carbocycles. The van der Waals surface area contributed by atoms with Crippen molar-refractivity contribution < 1.29 is 9.90 Å². The zero-order valence-electron chi connectivity index (χ0n) is 10.5. The lowest BCUT2D eigenvalue weighted by Gasteiger charge is -2.02. The molecule has 1 aromatic carbocycles. The second-order valence-corrected chi connectivity index (χ2v) is 4.93. The summed E-state index contributed by atoms with van der Waals surface area (Å²) in [5.74, 6) is -0.973. The standard InChI is InChI=1S/C15H12BrNO2.ClH/c16-14(15(18)19)9-12-5-3-11(4-6-12)8-13-2-1-7-17-10-13;/h1-7,9-10H,8H2,(H,18,19);1H. The van der Waals surface area contributed by atoms with E-state index in [1.54, 1.807) is 12.3 Å². The van der Waals surface area contributed by atoms with Gasteiger partial charge in [-0.05, 0) is 51.2 Å². The van der Waals surface area contributed by atoms with Crippen molar-refractivity contribution >= 4 is 40.4 Å². The number of carboxylic acid groups (broad SMARTS) is 1. The van der Waals surface area contributed by atoms with Crippen molar-refractivity contribution in [1.29, 1.82) is 0 Å². The molecule has 0 saturated heterocycles. The Bertz CT molecular complexity index is 597. The van der Waals surface area contributed by atoms with Crippen LogP contribution in [0.1, 0.15) is 16.7 Å². The van der Waals surface area contributed by atoms with Crippen LogP contribution in [0.4, 0.5) is 0 Å². The Labute approximate surface area is 131 Å². The van der Waals surface area contributed by atoms with Gasteiger partial charge in [0.25, 0.3) is 0 Å². The van der Waals surface area contributed by atoms with Crippen molar-refractivity contribution in [2.75, 3.05) is 0 Å². The summed E-state index contributed by atoms with van der Waals surface area (Å²) in [5, 5.41) is 8.77. The molecule has 20 heavy (non-hydrogen) atoms. The smallest absolute Gasteiger partial charge is 0.342 e. The highest BCUT2D eigenvalue weighted by Crippen LogP contribution is 2.15. The third-order valence-corrected chi connectivity index (χ3v) is 3.18. The molecule has 0 radical (unpaired) electrons. The Balaban J connectivity index is 0.00000200. The third-order valence-electron chi connectivity index (χ3n) is 2.61. The van der Waals surface area contributed by atoms with Gasteiger partial charge in [0, 0.05) is 12.4 Å². The molecule has 1 heterocycles. The van der Waals surface area contributed by atoms with E-state index in [1.807, 2.05) is 42.6 Å². The van der Waals surface area contributed by atoms with E-state index < -0.39 is 5.97 Å². The average molecular weight is 355 g/mol. The number of benzene rings is 1. The monoisotopic (exact) mass is 353 g/mol. The molecular weight excluding hydrogens is 342 g/mol. The van der Waals surface area contributed by atoms with Gasteiger partial charge < -0.3 is 5.11 Å². The number of carbonyl (C=O) groups is 1. The lowest BCUT2D eigenvalue weighted by atomic mass is 10.0. The van der Waals surface area contributed by atoms with Gasteiger partial charge in [-0.25, -0.2) is 4.79 Å². The second-order valence-electron chi connectivity index (χ2n) is 4.08. The van der Waals surface area contributed by atoms with Gasteiger partial charge in [0.05, 0.1) is 0 Å². The molecule has 0 spiro atoms. The van der Waals surface area contributed by atoms with Gasteiger partial charge in [0.2, 0.25) is 0 Å². The van der Waals surface area contributed by atoms with Crippen LogP contribution in [-0.4, -0.2) is 16.1 Å². The summed E-state index contributed by atoms with van der Waals surface area (Å²) in [5.41, 5.74) is 3.17. The number of pyridine rings is 1. The summed E-state index contributed by atoms with van der Waals surface area (Å²) in [7, 11) is 0. The number of halogens is 2. The minimum Gasteiger partial charge on any atom is -0.477 e. The van der Waals surface area contributed by atoms with Crippen molar-refractivity contribution in [1.82, 2.24) is 4.98 Å². The van der Waals surface area contributed by atoms with Crippen LogP contribution >= 0.6 is 28.3 Å². The molecule has 0 amide bonds. The van der Waals surface area contributed by atoms with Crippen LogP contribution in [0.5, 0.6) is 0 Å². The highest BCUT2D eigenvalue weighted by Gasteiger charge is 2.02. The van der Waals surface area contributed by atoms with Crippen LogP contribution in [0.2, 0.25) is 0 Å². The Kier molecular flexibility index (Phi) is 6.42. The molecule has 5 heteroatoms. The van der Waals surface area contributed by atoms with E-state index in [-0.39, 0.29) is 16.9 Å². The van der Waals surface area contributed by atoms with Crippen LogP contribution in [0, 0.1) is 0 Å². The average Bonchev–Trinajstić information content (AvgIpc) is 2.42. The summed E-state index contributed by atoms with van der Waals surface area (Å²) in [6, 6.07) is 11.7. The van der Waals surface area contributed by atoms with Crippen LogP contribution in [0.25, 0.3) is 6.08 Å². The Morgan fingerprint density at radius 1 is 1.20 bits per heavy atom. The fourth-order valence-corrected chi connectivity index (χ4v) is 1.94. The molecule has 3 nitrogen and oxygen atoms in total. The van der Waals surface area contributed by atoms with E-state index >= 15 is 0 Å². The zero-order valence-corrected chi connectivity index (χ0v) is 12.9. The zero-order chi connectivity index (χ0) is 13.7. The maximum absolute atomic E-state index is 10.7. The number of carboxylic acids is 1. The Morgan fingerprint density at radius 2 is 1.90 bits per heavy atom. The summed E-state index contributed by atoms with van der Waals surface area (Å²) in [6.07, 6.45) is 5.99. The molecule has 104 valence electrons. The van der Waals surface area contributed by atoms with Gasteiger partial charge in [-0.1, -0.05) is 30.3 Å². The molecule has 1 N–H and O–H groups in total. The highest BCUT2D eigenvalue weighted by atomic mass is 79.9. The van der Waals surface area contributed by atoms with Crippen molar-refractivity contribution in [3.63, 3.8) is 0 Å². The van der Waals surface area contributed by atoms with Crippen LogP contribution in [0.15, 0.2) is 53.3 Å². The summed E-state index contributed by atoms with van der Waals surface area (Å²) >= 11 is 3.00. The minimum absolute atomic E-state index is 0. The van der Waals surface area contributed by atoms with E-state index in [4.69, 9.17) is 5.11 Å². The van der Waals surface area contributed by atoms with Gasteiger partial charge >= 0.3 is 5.97 Å². The number of hydrogen-bond acceptors (Lipinski definition) is 2. The summed E-state index contributed by atoms with van der Waals surface area (Å²) in [6.45, 7) is 0. The van der Waals surface area contributed by atoms with Gasteiger partial charge in [-0.2, -0.15) is 0 Å². The van der Waals surface area contributed by atoms with Gasteiger partial charge in [0.15, 0.2) is 0 Å². The minimum atomic E-state index is -0.973. The van der Waals surface area contributed by atoms with Gasteiger partial charge in [-0.3, -0.25) is 4.98 Å². The van der Waals surface area contributed by atoms with Crippen molar-refractivity contribution in [2.45, 2.75) is 6.42 Å². The molecule has 0 bridgehead atoms. The Morgan fingerprint density at radius 3 is 2.45 bits per heavy atom. The lowest BCUT2D eigenvalue weighted by molar-refractivity contribution is -0.131. The van der Waals surface area contributed by atoms with E-state index in [0.717, 1.165) is 23.1 Å². The molecule has 0 saturated carbocycles. The maximum Gasteiger partial charge on any atom is 0.342 e. The number of aromatic nitrogens is 1. The fraction of sp³-hybridized carbons (Fsp3) is 0.0667. The van der Waals surface area contributed by atoms with Crippen LogP contribution < -0.4 is 0 Å². The van der Waals surface area contributed by atoms with Gasteiger partial charge in [-0.15, -0.1) is 12.4 Å². The predicted molar refractivity (Wildman–Crippen MR) is 85.3 cm³/mol. The Hall–Kier alpha value is -1.65. The first kappa shape index (κ1) is 16.4. The highest BCUT2D eigenvalue weighted by molar-refractivity contribution is 9.12. The van der Waals surface area contributed by atoms with Crippen LogP contribution in [0.3, 0.4) is 0 Å². The molecule has 0 aliphatic heterocycles. The maximum atomic E-state index is 10.7. The number of rotatable bonds is 4. The number of hydrogen-bond donors (Lipinski definition) is 1. The van der Waals surface area contributed by atoms with Crippen molar-refractivity contribution in [2.24, 2.45) is 0 Å². The van der Waals surface area contributed by atoms with Crippen molar-refractivity contribution in [3.05, 3.63) is 70.0 Å². The molecule has 1 aromatic heterocycles. The molecule has 0 aliphatic rings. The van der Waals surface area contributed by atoms with E-state index in [2.05, 4.69) is 20.9 Å². The van der Waals surface area contributed by atoms with Crippen molar-refractivity contribution in [3.8, 4) is 0 Å². The van der Waals surface area contributed by atoms with E-state index in [0.29, 0.717) is 0 Å². The SMILES string of the molecule is Cl.O=C(O)C(Br)=Cc1ccc(Cc2cccnc2)cc1. The normalized spacial score (nSPS) is 10.8. The molecule has 0 atom stereocenters. The fourth-order valence-electron chi connectivity index (χ4n) is 1.68. The first-order valence-corrected chi connectivity index (χ1v) is 6.53. The largest absolute Gasteiger partial charge is 0.477 e. The van der Waals surface area contributed by atoms with Gasteiger partial charge in [0.1, 0.15) is 4.48 Å². The summed E-state index contributed by atoms with van der Waals surface area (Å²) < 4.78 is 0.146. The number of aliphatic carboxylic acids is 1. The number of nitrogens with zero attached hydrogens (tertiary/aromatic N) is 1. The molecule has 0 fully saturated rings. The predicted octanol–water partition coefficient (Wildman–Crippen LogP) is 3.91. The third kappa shape index (κ3) is 4.79.